The number of aromatic nitrogens is 2. The largest absolute Gasteiger partial charge is 0.444 e. The molecule has 1 aromatic heterocycles. The Hall–Kier alpha value is -2.58. The lowest BCUT2D eigenvalue weighted by Gasteiger charge is -2.34. The van der Waals surface area contributed by atoms with E-state index in [9.17, 15) is 9.59 Å². The molecule has 34 heavy (non-hydrogen) atoms. The molecule has 190 valence electrons. The van der Waals surface area contributed by atoms with E-state index in [0.717, 1.165) is 69.8 Å². The Morgan fingerprint density at radius 2 is 1.91 bits per heavy atom. The quantitative estimate of drug-likeness (QED) is 0.591. The van der Waals surface area contributed by atoms with Crippen LogP contribution in [0, 0.1) is 5.92 Å². The number of likely N-dealkylation sites (tertiary alicyclic amines) is 1. The van der Waals surface area contributed by atoms with Gasteiger partial charge in [0.1, 0.15) is 23.6 Å². The summed E-state index contributed by atoms with van der Waals surface area (Å²) in [5, 5.41) is 6.50. The van der Waals surface area contributed by atoms with Crippen LogP contribution in [0.2, 0.25) is 0 Å². The lowest BCUT2D eigenvalue weighted by Crippen LogP contribution is -2.47. The fourth-order valence-electron chi connectivity index (χ4n) is 4.55. The van der Waals surface area contributed by atoms with Gasteiger partial charge in [-0.05, 0) is 65.2 Å². The van der Waals surface area contributed by atoms with Crippen LogP contribution in [-0.4, -0.2) is 71.2 Å². The zero-order valence-corrected chi connectivity index (χ0v) is 21.3. The van der Waals surface area contributed by atoms with Gasteiger partial charge in [-0.25, -0.2) is 14.8 Å². The number of carbonyl (C=O) groups excluding carboxylic acids is 2. The maximum absolute atomic E-state index is 12.6. The summed E-state index contributed by atoms with van der Waals surface area (Å²) in [6, 6.07) is 2.15. The average molecular weight is 475 g/mol. The molecule has 0 radical (unpaired) electrons. The van der Waals surface area contributed by atoms with E-state index in [4.69, 9.17) is 4.74 Å². The minimum absolute atomic E-state index is 0.112. The van der Waals surface area contributed by atoms with Crippen molar-refractivity contribution in [3.8, 4) is 0 Å². The fourth-order valence-corrected chi connectivity index (χ4v) is 4.55. The standard InChI is InChI=1S/C25H42N6O3/c1-5-12-26-21-16-22(28-18-27-21)31-13-6-7-19(17-31)8-9-23(32)29-20-10-14-30(15-11-20)24(33)34-25(2,3)4/h16,18-20H,5-15,17H2,1-4H3,(H,29,32)(H,26,27,28)/t19-/m0/s1. The van der Waals surface area contributed by atoms with E-state index >= 15 is 0 Å². The lowest BCUT2D eigenvalue weighted by atomic mass is 9.93. The van der Waals surface area contributed by atoms with Crippen molar-refractivity contribution in [2.75, 3.05) is 42.9 Å². The molecule has 0 spiro atoms. The number of ether oxygens (including phenoxy) is 1. The second kappa shape index (κ2) is 12.2. The van der Waals surface area contributed by atoms with E-state index in [1.54, 1.807) is 11.2 Å². The number of carbonyl (C=O) groups is 2. The van der Waals surface area contributed by atoms with Gasteiger partial charge < -0.3 is 25.2 Å². The van der Waals surface area contributed by atoms with Crippen molar-refractivity contribution in [2.45, 2.75) is 84.3 Å². The molecule has 3 rings (SSSR count). The van der Waals surface area contributed by atoms with Gasteiger partial charge in [0.15, 0.2) is 0 Å². The summed E-state index contributed by atoms with van der Waals surface area (Å²) in [6.45, 7) is 11.8. The molecule has 3 heterocycles. The Morgan fingerprint density at radius 1 is 1.15 bits per heavy atom. The molecule has 0 aliphatic carbocycles. The smallest absolute Gasteiger partial charge is 0.410 e. The Balaban J connectivity index is 1.38. The van der Waals surface area contributed by atoms with Crippen LogP contribution in [0.25, 0.3) is 0 Å². The van der Waals surface area contributed by atoms with E-state index in [1.165, 1.54) is 0 Å². The molecular weight excluding hydrogens is 432 g/mol. The number of nitrogens with one attached hydrogen (secondary N) is 2. The van der Waals surface area contributed by atoms with E-state index in [2.05, 4.69) is 32.4 Å². The molecule has 2 fully saturated rings. The summed E-state index contributed by atoms with van der Waals surface area (Å²) in [5.41, 5.74) is -0.488. The highest BCUT2D eigenvalue weighted by Gasteiger charge is 2.28. The Morgan fingerprint density at radius 3 is 2.62 bits per heavy atom. The molecular formula is C25H42N6O3. The molecule has 2 N–H and O–H groups in total. The van der Waals surface area contributed by atoms with Crippen LogP contribution in [-0.2, 0) is 9.53 Å². The highest BCUT2D eigenvalue weighted by molar-refractivity contribution is 5.76. The van der Waals surface area contributed by atoms with Gasteiger partial charge in [-0.2, -0.15) is 0 Å². The van der Waals surface area contributed by atoms with Crippen LogP contribution in [0.1, 0.15) is 72.6 Å². The van der Waals surface area contributed by atoms with Crippen molar-refractivity contribution >= 4 is 23.6 Å². The van der Waals surface area contributed by atoms with Crippen molar-refractivity contribution in [3.63, 3.8) is 0 Å². The molecule has 1 atom stereocenters. The Kier molecular flexibility index (Phi) is 9.36. The zero-order valence-electron chi connectivity index (χ0n) is 21.3. The van der Waals surface area contributed by atoms with Gasteiger partial charge in [0, 0.05) is 51.3 Å². The lowest BCUT2D eigenvalue weighted by molar-refractivity contribution is -0.122. The number of piperidine rings is 2. The van der Waals surface area contributed by atoms with Gasteiger partial charge in [-0.15, -0.1) is 0 Å². The van der Waals surface area contributed by atoms with Crippen molar-refractivity contribution in [3.05, 3.63) is 12.4 Å². The zero-order chi connectivity index (χ0) is 24.6. The third-order valence-corrected chi connectivity index (χ3v) is 6.34. The first-order valence-corrected chi connectivity index (χ1v) is 12.8. The predicted molar refractivity (Wildman–Crippen MR) is 134 cm³/mol. The van der Waals surface area contributed by atoms with E-state index < -0.39 is 5.60 Å². The summed E-state index contributed by atoms with van der Waals surface area (Å²) in [6.07, 6.45) is 7.61. The predicted octanol–water partition coefficient (Wildman–Crippen LogP) is 3.81. The van der Waals surface area contributed by atoms with Gasteiger partial charge in [-0.1, -0.05) is 6.92 Å². The van der Waals surface area contributed by atoms with Crippen LogP contribution in [0.4, 0.5) is 16.4 Å². The number of hydrogen-bond donors (Lipinski definition) is 2. The van der Waals surface area contributed by atoms with Gasteiger partial charge in [-0.3, -0.25) is 4.79 Å². The Bertz CT molecular complexity index is 804. The number of amides is 2. The maximum atomic E-state index is 12.6. The van der Waals surface area contributed by atoms with Crippen LogP contribution in [0.15, 0.2) is 12.4 Å². The van der Waals surface area contributed by atoms with Gasteiger partial charge in [0.2, 0.25) is 5.91 Å². The van der Waals surface area contributed by atoms with Crippen LogP contribution < -0.4 is 15.5 Å². The highest BCUT2D eigenvalue weighted by atomic mass is 16.6. The van der Waals surface area contributed by atoms with Crippen molar-refractivity contribution in [2.24, 2.45) is 5.92 Å². The van der Waals surface area contributed by atoms with Crippen molar-refractivity contribution in [1.29, 1.82) is 0 Å². The first-order chi connectivity index (χ1) is 16.2. The molecule has 0 unspecified atom stereocenters. The van der Waals surface area contributed by atoms with Gasteiger partial charge >= 0.3 is 6.09 Å². The van der Waals surface area contributed by atoms with E-state index in [0.29, 0.717) is 25.4 Å². The monoisotopic (exact) mass is 474 g/mol. The van der Waals surface area contributed by atoms with Crippen LogP contribution >= 0.6 is 0 Å². The summed E-state index contributed by atoms with van der Waals surface area (Å²) >= 11 is 0. The van der Waals surface area contributed by atoms with Crippen LogP contribution in [0.5, 0.6) is 0 Å². The van der Waals surface area contributed by atoms with E-state index in [1.807, 2.05) is 26.8 Å². The molecule has 0 saturated carbocycles. The van der Waals surface area contributed by atoms with Crippen molar-refractivity contribution in [1.82, 2.24) is 20.2 Å². The van der Waals surface area contributed by atoms with E-state index in [-0.39, 0.29) is 18.0 Å². The van der Waals surface area contributed by atoms with Gasteiger partial charge in [0.25, 0.3) is 0 Å². The molecule has 0 aromatic carbocycles. The number of hydrogen-bond acceptors (Lipinski definition) is 7. The number of rotatable bonds is 8. The minimum atomic E-state index is -0.488. The first kappa shape index (κ1) is 26.0. The molecule has 2 aliphatic rings. The number of anilines is 2. The molecule has 0 bridgehead atoms. The third kappa shape index (κ3) is 8.33. The Labute approximate surface area is 204 Å². The molecule has 2 amide bonds. The maximum Gasteiger partial charge on any atom is 0.410 e. The minimum Gasteiger partial charge on any atom is -0.444 e. The normalized spacial score (nSPS) is 19.6. The second-order valence-electron chi connectivity index (χ2n) is 10.5. The topological polar surface area (TPSA) is 99.7 Å². The average Bonchev–Trinajstić information content (AvgIpc) is 2.81. The highest BCUT2D eigenvalue weighted by Crippen LogP contribution is 2.25. The molecule has 2 aliphatic heterocycles. The van der Waals surface area contributed by atoms with Crippen LogP contribution in [0.3, 0.4) is 0 Å². The van der Waals surface area contributed by atoms with Gasteiger partial charge in [0.05, 0.1) is 0 Å². The molecule has 2 saturated heterocycles. The summed E-state index contributed by atoms with van der Waals surface area (Å²) in [4.78, 5) is 37.6. The summed E-state index contributed by atoms with van der Waals surface area (Å²) < 4.78 is 5.45. The third-order valence-electron chi connectivity index (χ3n) is 6.34. The molecule has 9 heteroatoms. The summed E-state index contributed by atoms with van der Waals surface area (Å²) in [5.74, 6) is 2.42. The second-order valence-corrected chi connectivity index (χ2v) is 10.5. The number of nitrogens with zero attached hydrogens (tertiary/aromatic N) is 4. The molecule has 9 nitrogen and oxygen atoms in total. The summed E-state index contributed by atoms with van der Waals surface area (Å²) in [7, 11) is 0. The molecule has 1 aromatic rings. The van der Waals surface area contributed by atoms with Crippen molar-refractivity contribution < 1.29 is 14.3 Å². The first-order valence-electron chi connectivity index (χ1n) is 12.8. The SMILES string of the molecule is CCCNc1cc(N2CCC[C@@H](CCC(=O)NC3CCN(C(=O)OC(C)(C)C)CC3)C2)ncn1. The fraction of sp³-hybridized carbons (Fsp3) is 0.760.